The van der Waals surface area contributed by atoms with E-state index in [9.17, 15) is 9.90 Å². The Labute approximate surface area is 107 Å². The zero-order valence-electron chi connectivity index (χ0n) is 10.6. The summed E-state index contributed by atoms with van der Waals surface area (Å²) in [5, 5.41) is 12.2. The first kappa shape index (κ1) is 12.9. The van der Waals surface area contributed by atoms with Crippen LogP contribution < -0.4 is 11.1 Å². The first-order chi connectivity index (χ1) is 8.48. The van der Waals surface area contributed by atoms with E-state index in [0.717, 1.165) is 18.4 Å². The molecule has 0 bridgehead atoms. The Morgan fingerprint density at radius 1 is 1.44 bits per heavy atom. The van der Waals surface area contributed by atoms with Crippen LogP contribution in [0.5, 0.6) is 5.75 Å². The predicted molar refractivity (Wildman–Crippen MR) is 70.2 cm³/mol. The van der Waals surface area contributed by atoms with Crippen LogP contribution in [0.25, 0.3) is 0 Å². The second kappa shape index (κ2) is 4.98. The Morgan fingerprint density at radius 3 is 2.56 bits per heavy atom. The molecular formula is C14H20N2O2. The van der Waals surface area contributed by atoms with Crippen molar-refractivity contribution in [2.24, 2.45) is 5.73 Å². The van der Waals surface area contributed by atoms with Crippen LogP contribution in [0.1, 0.15) is 31.7 Å². The highest BCUT2D eigenvalue weighted by Crippen LogP contribution is 2.30. The molecule has 1 aliphatic rings. The van der Waals surface area contributed by atoms with E-state index in [4.69, 9.17) is 5.73 Å². The molecule has 0 unspecified atom stereocenters. The Morgan fingerprint density at radius 2 is 2.06 bits per heavy atom. The quantitative estimate of drug-likeness (QED) is 0.752. The number of phenols is 1. The minimum Gasteiger partial charge on any atom is -0.508 e. The molecule has 4 heteroatoms. The van der Waals surface area contributed by atoms with Crippen LogP contribution in [-0.2, 0) is 11.2 Å². The van der Waals surface area contributed by atoms with Crippen LogP contribution in [0.2, 0.25) is 0 Å². The van der Waals surface area contributed by atoms with Gasteiger partial charge in [0.2, 0.25) is 5.91 Å². The molecule has 4 N–H and O–H groups in total. The fourth-order valence-electron chi connectivity index (χ4n) is 2.20. The number of hydrogen-bond donors (Lipinski definition) is 3. The molecule has 0 heterocycles. The standard InChI is InChI=1S/C14H20N2O2/c1-14(7-2-8-14)16-13(18)12(15)9-10-3-5-11(17)6-4-10/h3-6,12,17H,2,7-9,15H2,1H3,(H,16,18)/t12-/m0/s1. The van der Waals surface area contributed by atoms with Gasteiger partial charge in [0.05, 0.1) is 6.04 Å². The monoisotopic (exact) mass is 248 g/mol. The Balaban J connectivity index is 1.88. The molecule has 1 fully saturated rings. The number of phenolic OH excluding ortho intramolecular Hbond substituents is 1. The van der Waals surface area contributed by atoms with Crippen LogP contribution >= 0.6 is 0 Å². The average molecular weight is 248 g/mol. The molecule has 0 spiro atoms. The van der Waals surface area contributed by atoms with Gasteiger partial charge in [-0.3, -0.25) is 4.79 Å². The molecule has 0 aliphatic heterocycles. The van der Waals surface area contributed by atoms with Crippen LogP contribution in [0.4, 0.5) is 0 Å². The molecular weight excluding hydrogens is 228 g/mol. The molecule has 98 valence electrons. The van der Waals surface area contributed by atoms with E-state index in [0.29, 0.717) is 6.42 Å². The van der Waals surface area contributed by atoms with Crippen LogP contribution in [0, 0.1) is 0 Å². The minimum absolute atomic E-state index is 0.0519. The summed E-state index contributed by atoms with van der Waals surface area (Å²) >= 11 is 0. The van der Waals surface area contributed by atoms with E-state index in [1.54, 1.807) is 24.3 Å². The summed E-state index contributed by atoms with van der Waals surface area (Å²) in [6.07, 6.45) is 3.72. The maximum Gasteiger partial charge on any atom is 0.237 e. The Bertz CT molecular complexity index is 424. The zero-order chi connectivity index (χ0) is 13.2. The third-order valence-electron chi connectivity index (χ3n) is 3.61. The second-order valence-corrected chi connectivity index (χ2v) is 5.38. The highest BCUT2D eigenvalue weighted by atomic mass is 16.3. The molecule has 1 aliphatic carbocycles. The summed E-state index contributed by atoms with van der Waals surface area (Å²) in [5.41, 5.74) is 6.80. The van der Waals surface area contributed by atoms with Crippen molar-refractivity contribution in [3.8, 4) is 5.75 Å². The van der Waals surface area contributed by atoms with E-state index in [2.05, 4.69) is 12.2 Å². The minimum atomic E-state index is -0.535. The zero-order valence-corrected chi connectivity index (χ0v) is 10.6. The van der Waals surface area contributed by atoms with Crippen molar-refractivity contribution in [2.75, 3.05) is 0 Å². The van der Waals surface area contributed by atoms with Crippen molar-refractivity contribution < 1.29 is 9.90 Å². The van der Waals surface area contributed by atoms with Gasteiger partial charge in [0.1, 0.15) is 5.75 Å². The van der Waals surface area contributed by atoms with Gasteiger partial charge in [-0.1, -0.05) is 12.1 Å². The molecule has 4 nitrogen and oxygen atoms in total. The number of carbonyl (C=O) groups is 1. The van der Waals surface area contributed by atoms with Gasteiger partial charge in [0, 0.05) is 5.54 Å². The summed E-state index contributed by atoms with van der Waals surface area (Å²) in [6.45, 7) is 2.06. The molecule has 0 radical (unpaired) electrons. The van der Waals surface area contributed by atoms with Gasteiger partial charge in [-0.2, -0.15) is 0 Å². The van der Waals surface area contributed by atoms with E-state index < -0.39 is 6.04 Å². The van der Waals surface area contributed by atoms with E-state index >= 15 is 0 Å². The van der Waals surface area contributed by atoms with Gasteiger partial charge >= 0.3 is 0 Å². The third kappa shape index (κ3) is 3.01. The van der Waals surface area contributed by atoms with Crippen LogP contribution in [-0.4, -0.2) is 22.6 Å². The molecule has 1 amide bonds. The summed E-state index contributed by atoms with van der Waals surface area (Å²) < 4.78 is 0. The van der Waals surface area contributed by atoms with Gasteiger partial charge in [-0.15, -0.1) is 0 Å². The normalized spacial score (nSPS) is 18.8. The molecule has 2 rings (SSSR count). The number of aromatic hydroxyl groups is 1. The molecule has 0 aromatic heterocycles. The Kier molecular flexibility index (Phi) is 3.57. The number of nitrogens with one attached hydrogen (secondary N) is 1. The van der Waals surface area contributed by atoms with Gasteiger partial charge in [-0.25, -0.2) is 0 Å². The second-order valence-electron chi connectivity index (χ2n) is 5.38. The predicted octanol–water partition coefficient (Wildman–Crippen LogP) is 1.32. The summed E-state index contributed by atoms with van der Waals surface area (Å²) in [6, 6.07) is 6.24. The van der Waals surface area contributed by atoms with Crippen LogP contribution in [0.3, 0.4) is 0 Å². The van der Waals surface area contributed by atoms with Crippen molar-refractivity contribution >= 4 is 5.91 Å². The maximum absolute atomic E-state index is 11.9. The van der Waals surface area contributed by atoms with Gasteiger partial charge in [0.15, 0.2) is 0 Å². The van der Waals surface area contributed by atoms with Gasteiger partial charge in [-0.05, 0) is 50.3 Å². The van der Waals surface area contributed by atoms with Crippen molar-refractivity contribution in [3.05, 3.63) is 29.8 Å². The lowest BCUT2D eigenvalue weighted by Gasteiger charge is -2.39. The molecule has 1 aromatic rings. The molecule has 1 saturated carbocycles. The summed E-state index contributed by atoms with van der Waals surface area (Å²) in [5.74, 6) is 0.129. The fourth-order valence-corrected chi connectivity index (χ4v) is 2.20. The molecule has 18 heavy (non-hydrogen) atoms. The third-order valence-corrected chi connectivity index (χ3v) is 3.61. The van der Waals surface area contributed by atoms with E-state index in [1.165, 1.54) is 6.42 Å². The SMILES string of the molecule is CC1(NC(=O)[C@@H](N)Cc2ccc(O)cc2)CCC1. The van der Waals surface area contributed by atoms with E-state index in [-0.39, 0.29) is 17.2 Å². The number of nitrogens with two attached hydrogens (primary N) is 1. The molecule has 1 atom stereocenters. The first-order valence-corrected chi connectivity index (χ1v) is 6.34. The average Bonchev–Trinajstić information content (AvgIpc) is 2.30. The molecule has 1 aromatic carbocycles. The van der Waals surface area contributed by atoms with Gasteiger partial charge in [0.25, 0.3) is 0 Å². The largest absolute Gasteiger partial charge is 0.508 e. The number of benzene rings is 1. The van der Waals surface area contributed by atoms with Crippen molar-refractivity contribution in [3.63, 3.8) is 0 Å². The number of amides is 1. The number of carbonyl (C=O) groups excluding carboxylic acids is 1. The Hall–Kier alpha value is -1.55. The maximum atomic E-state index is 11.9. The van der Waals surface area contributed by atoms with E-state index in [1.807, 2.05) is 0 Å². The fraction of sp³-hybridized carbons (Fsp3) is 0.500. The van der Waals surface area contributed by atoms with Gasteiger partial charge < -0.3 is 16.2 Å². The number of hydrogen-bond acceptors (Lipinski definition) is 3. The number of rotatable bonds is 4. The highest BCUT2D eigenvalue weighted by Gasteiger charge is 2.34. The van der Waals surface area contributed by atoms with Crippen molar-refractivity contribution in [2.45, 2.75) is 44.2 Å². The highest BCUT2D eigenvalue weighted by molar-refractivity contribution is 5.82. The summed E-state index contributed by atoms with van der Waals surface area (Å²) in [7, 11) is 0. The lowest BCUT2D eigenvalue weighted by atomic mass is 9.78. The lowest BCUT2D eigenvalue weighted by Crippen LogP contribution is -2.55. The van der Waals surface area contributed by atoms with Crippen LogP contribution in [0.15, 0.2) is 24.3 Å². The van der Waals surface area contributed by atoms with Crippen molar-refractivity contribution in [1.82, 2.24) is 5.32 Å². The lowest BCUT2D eigenvalue weighted by molar-refractivity contribution is -0.125. The van der Waals surface area contributed by atoms with Crippen molar-refractivity contribution in [1.29, 1.82) is 0 Å². The first-order valence-electron chi connectivity index (χ1n) is 6.34. The topological polar surface area (TPSA) is 75.4 Å². The molecule has 0 saturated heterocycles. The smallest absolute Gasteiger partial charge is 0.237 e. The summed E-state index contributed by atoms with van der Waals surface area (Å²) in [4.78, 5) is 11.9.